The summed E-state index contributed by atoms with van der Waals surface area (Å²) in [6.45, 7) is -1.66. The van der Waals surface area contributed by atoms with Crippen LogP contribution in [0.1, 0.15) is 10.4 Å². The van der Waals surface area contributed by atoms with Gasteiger partial charge < -0.3 is 68.9 Å². The summed E-state index contributed by atoms with van der Waals surface area (Å²) in [4.78, 5) is 12.6. The van der Waals surface area contributed by atoms with Gasteiger partial charge in [-0.05, 0) is 36.4 Å². The van der Waals surface area contributed by atoms with Crippen molar-refractivity contribution in [3.8, 4) is 28.7 Å². The highest BCUT2D eigenvalue weighted by Gasteiger charge is 2.51. The number of benzene rings is 2. The van der Waals surface area contributed by atoms with Crippen LogP contribution in [0.15, 0.2) is 36.4 Å². The second kappa shape index (κ2) is 12.6. The van der Waals surface area contributed by atoms with Crippen molar-refractivity contribution >= 4 is 5.97 Å². The van der Waals surface area contributed by atoms with Crippen LogP contribution < -0.4 is 14.2 Å². The smallest absolute Gasteiger partial charge is 0.338 e. The fourth-order valence-corrected chi connectivity index (χ4v) is 4.21. The highest BCUT2D eigenvalue weighted by Crippen LogP contribution is 2.37. The Morgan fingerprint density at radius 1 is 0.951 bits per heavy atom. The first kappa shape index (κ1) is 30.5. The number of ether oxygens (including phenoxy) is 7. The molecule has 2 aliphatic heterocycles. The Hall–Kier alpha value is -3.41. The van der Waals surface area contributed by atoms with Gasteiger partial charge in [-0.2, -0.15) is 0 Å². The van der Waals surface area contributed by atoms with Gasteiger partial charge >= 0.3 is 5.97 Å². The molecule has 0 saturated carbocycles. The molecule has 2 aliphatic rings. The minimum Gasteiger partial charge on any atom is -0.508 e. The molecule has 2 aromatic rings. The van der Waals surface area contributed by atoms with E-state index in [9.17, 15) is 40.5 Å². The van der Waals surface area contributed by atoms with Crippen molar-refractivity contribution in [3.63, 3.8) is 0 Å². The lowest BCUT2D eigenvalue weighted by Gasteiger charge is -2.40. The van der Waals surface area contributed by atoms with Gasteiger partial charge in [-0.1, -0.05) is 0 Å². The number of methoxy groups -OCH3 is 2. The van der Waals surface area contributed by atoms with Gasteiger partial charge in [0.05, 0.1) is 33.0 Å². The topological polar surface area (TPSA) is 223 Å². The Morgan fingerprint density at radius 2 is 1.59 bits per heavy atom. The summed E-state index contributed by atoms with van der Waals surface area (Å²) in [5, 5.41) is 71.8. The predicted octanol–water partition coefficient (Wildman–Crippen LogP) is -1.38. The van der Waals surface area contributed by atoms with Crippen LogP contribution in [-0.2, 0) is 18.9 Å². The molecule has 2 heterocycles. The number of carbonyl (C=O) groups is 1. The van der Waals surface area contributed by atoms with Crippen LogP contribution in [0.5, 0.6) is 28.7 Å². The zero-order valence-electron chi connectivity index (χ0n) is 22.0. The second-order valence-corrected chi connectivity index (χ2v) is 9.49. The van der Waals surface area contributed by atoms with E-state index in [1.807, 2.05) is 0 Å². The summed E-state index contributed by atoms with van der Waals surface area (Å²) < 4.78 is 37.0. The quantitative estimate of drug-likeness (QED) is 0.160. The van der Waals surface area contributed by atoms with E-state index in [2.05, 4.69) is 0 Å². The van der Waals surface area contributed by atoms with Crippen LogP contribution in [-0.4, -0.2) is 124 Å². The van der Waals surface area contributed by atoms with Gasteiger partial charge in [0.15, 0.2) is 23.4 Å². The number of phenols is 2. The van der Waals surface area contributed by atoms with Crippen molar-refractivity contribution in [2.45, 2.75) is 48.7 Å². The number of aliphatic hydroxyl groups excluding tert-OH is 4. The minimum atomic E-state index is -2.07. The molecule has 0 amide bonds. The van der Waals surface area contributed by atoms with E-state index < -0.39 is 74.5 Å². The average Bonchev–Trinajstić information content (AvgIpc) is 3.25. The van der Waals surface area contributed by atoms with Crippen LogP contribution >= 0.6 is 0 Å². The maximum Gasteiger partial charge on any atom is 0.338 e. The third-order valence-corrected chi connectivity index (χ3v) is 6.66. The molecule has 0 unspecified atom stereocenters. The van der Waals surface area contributed by atoms with Crippen molar-refractivity contribution < 1.29 is 73.7 Å². The Balaban J connectivity index is 1.33. The van der Waals surface area contributed by atoms with Gasteiger partial charge in [0.2, 0.25) is 12.0 Å². The van der Waals surface area contributed by atoms with E-state index in [1.54, 1.807) is 0 Å². The summed E-state index contributed by atoms with van der Waals surface area (Å²) in [6.07, 6.45) is -10.7. The summed E-state index contributed by atoms with van der Waals surface area (Å²) in [5.41, 5.74) is -2.13. The van der Waals surface area contributed by atoms with Gasteiger partial charge in [-0.3, -0.25) is 0 Å². The van der Waals surface area contributed by atoms with Crippen LogP contribution in [0, 0.1) is 0 Å². The van der Waals surface area contributed by atoms with Crippen LogP contribution in [0.25, 0.3) is 0 Å². The Labute approximate surface area is 233 Å². The first-order valence-electron chi connectivity index (χ1n) is 12.4. The van der Waals surface area contributed by atoms with Crippen molar-refractivity contribution in [2.24, 2.45) is 0 Å². The summed E-state index contributed by atoms with van der Waals surface area (Å²) in [7, 11) is 2.56. The van der Waals surface area contributed by atoms with Gasteiger partial charge in [0.1, 0.15) is 48.6 Å². The number of hydrogen-bond donors (Lipinski definition) is 7. The minimum absolute atomic E-state index is 0.0187. The van der Waals surface area contributed by atoms with E-state index in [0.717, 1.165) is 0 Å². The molecule has 41 heavy (non-hydrogen) atoms. The molecule has 0 aromatic heterocycles. The molecule has 0 bridgehead atoms. The van der Waals surface area contributed by atoms with Crippen molar-refractivity contribution in [3.05, 3.63) is 42.0 Å². The maximum atomic E-state index is 12.6. The number of carbonyl (C=O) groups excluding carboxylic acids is 1. The number of hydrogen-bond acceptors (Lipinski definition) is 15. The monoisotopic (exact) mass is 584 g/mol. The molecule has 0 radical (unpaired) electrons. The Kier molecular flexibility index (Phi) is 9.41. The molecule has 0 spiro atoms. The van der Waals surface area contributed by atoms with Crippen molar-refractivity contribution in [2.75, 3.05) is 34.0 Å². The molecule has 4 rings (SSSR count). The van der Waals surface area contributed by atoms with Crippen LogP contribution in [0.4, 0.5) is 0 Å². The Morgan fingerprint density at radius 3 is 2.20 bits per heavy atom. The molecule has 2 fully saturated rings. The number of esters is 1. The highest BCUT2D eigenvalue weighted by molar-refractivity contribution is 5.91. The van der Waals surface area contributed by atoms with E-state index in [-0.39, 0.29) is 34.3 Å². The van der Waals surface area contributed by atoms with Gasteiger partial charge in [-0.25, -0.2) is 4.79 Å². The third kappa shape index (κ3) is 6.58. The van der Waals surface area contributed by atoms with Gasteiger partial charge in [0, 0.05) is 0 Å². The normalized spacial score (nSPS) is 31.4. The number of phenolic OH excluding ortho intramolecular Hbond substituents is 2. The molecule has 7 N–H and O–H groups in total. The molecule has 226 valence electrons. The molecule has 15 nitrogen and oxygen atoms in total. The standard InChI is InChI=1S/C26H32O15/c1-35-15-7-12(8-16(36-2)18(15)28)23(33)38-10-26(34)11-39-25(22(26)32)37-9-17-19(29)20(30)21(31)24(41-17)40-14-5-3-13(27)4-6-14/h3-8,17,19-22,24-25,27-32,34H,9-11H2,1-2H3/t17-,19-,20+,21-,22+,24-,25-,26-/m1/s1. The van der Waals surface area contributed by atoms with Gasteiger partial charge in [0.25, 0.3) is 0 Å². The number of aromatic hydroxyl groups is 2. The van der Waals surface area contributed by atoms with E-state index in [4.69, 9.17) is 33.2 Å². The lowest BCUT2D eigenvalue weighted by molar-refractivity contribution is -0.289. The lowest BCUT2D eigenvalue weighted by Crippen LogP contribution is -2.60. The SMILES string of the molecule is COc1cc(C(=O)OC[C@@]2(O)CO[C@@H](OC[C@H]3O[C@@H](Oc4ccc(O)cc4)[C@H](O)[C@@H](O)[C@@H]3O)[C@@H]2O)cc(OC)c1O. The Bertz CT molecular complexity index is 1160. The highest BCUT2D eigenvalue weighted by atomic mass is 16.7. The lowest BCUT2D eigenvalue weighted by atomic mass is 9.99. The molecule has 15 heteroatoms. The van der Waals surface area contributed by atoms with Crippen molar-refractivity contribution in [1.82, 2.24) is 0 Å². The third-order valence-electron chi connectivity index (χ3n) is 6.66. The molecule has 0 aliphatic carbocycles. The van der Waals surface area contributed by atoms with Gasteiger partial charge in [-0.15, -0.1) is 0 Å². The zero-order chi connectivity index (χ0) is 29.9. The van der Waals surface area contributed by atoms with Crippen molar-refractivity contribution in [1.29, 1.82) is 0 Å². The van der Waals surface area contributed by atoms with Crippen LogP contribution in [0.2, 0.25) is 0 Å². The first-order chi connectivity index (χ1) is 19.5. The van der Waals surface area contributed by atoms with E-state index in [1.165, 1.54) is 50.6 Å². The zero-order valence-corrected chi connectivity index (χ0v) is 22.0. The molecular weight excluding hydrogens is 552 g/mol. The largest absolute Gasteiger partial charge is 0.508 e. The number of rotatable bonds is 10. The average molecular weight is 585 g/mol. The van der Waals surface area contributed by atoms with Crippen LogP contribution in [0.3, 0.4) is 0 Å². The predicted molar refractivity (Wildman–Crippen MR) is 134 cm³/mol. The fraction of sp³-hybridized carbons (Fsp3) is 0.500. The van der Waals surface area contributed by atoms with E-state index in [0.29, 0.717) is 0 Å². The first-order valence-corrected chi connectivity index (χ1v) is 12.4. The molecule has 2 aromatic carbocycles. The molecular formula is C26H32O15. The van der Waals surface area contributed by atoms with E-state index >= 15 is 0 Å². The summed E-state index contributed by atoms with van der Waals surface area (Å²) in [6, 6.07) is 7.89. The second-order valence-electron chi connectivity index (χ2n) is 9.49. The maximum absolute atomic E-state index is 12.6. The number of aliphatic hydroxyl groups is 5. The molecule has 8 atom stereocenters. The molecule has 2 saturated heterocycles. The summed E-state index contributed by atoms with van der Waals surface area (Å²) >= 11 is 0. The summed E-state index contributed by atoms with van der Waals surface area (Å²) in [5.74, 6) is -1.15. The fourth-order valence-electron chi connectivity index (χ4n) is 4.21.